The van der Waals surface area contributed by atoms with E-state index >= 15 is 0 Å². The SMILES string of the molecule is COc1cc(F)c(Br)cc1C(=O)c1ccc(F)c(F)c1. The number of methoxy groups -OCH3 is 1. The van der Waals surface area contributed by atoms with Crippen LogP contribution in [-0.2, 0) is 0 Å². The quantitative estimate of drug-likeness (QED) is 0.783. The van der Waals surface area contributed by atoms with Crippen LogP contribution in [0.1, 0.15) is 15.9 Å². The van der Waals surface area contributed by atoms with Crippen molar-refractivity contribution >= 4 is 21.7 Å². The van der Waals surface area contributed by atoms with Crippen LogP contribution in [-0.4, -0.2) is 12.9 Å². The molecule has 104 valence electrons. The molecule has 2 rings (SSSR count). The largest absolute Gasteiger partial charge is 0.496 e. The molecule has 0 saturated carbocycles. The summed E-state index contributed by atoms with van der Waals surface area (Å²) in [5, 5.41) is 0. The number of hydrogen-bond acceptors (Lipinski definition) is 2. The van der Waals surface area contributed by atoms with Gasteiger partial charge in [0.25, 0.3) is 0 Å². The number of carbonyl (C=O) groups is 1. The third kappa shape index (κ3) is 2.70. The summed E-state index contributed by atoms with van der Waals surface area (Å²) >= 11 is 2.96. The molecule has 2 nitrogen and oxygen atoms in total. The van der Waals surface area contributed by atoms with E-state index < -0.39 is 23.2 Å². The molecule has 0 radical (unpaired) electrons. The molecule has 0 aromatic heterocycles. The Balaban J connectivity index is 2.52. The molecule has 0 amide bonds. The van der Waals surface area contributed by atoms with Gasteiger partial charge in [-0.05, 0) is 40.2 Å². The summed E-state index contributed by atoms with van der Waals surface area (Å²) in [5.74, 6) is -3.35. The third-order valence-electron chi connectivity index (χ3n) is 2.67. The Kier molecular flexibility index (Phi) is 4.13. The summed E-state index contributed by atoms with van der Waals surface area (Å²) in [4.78, 5) is 12.2. The Bertz CT molecular complexity index is 686. The first-order chi connectivity index (χ1) is 9.43. The van der Waals surface area contributed by atoms with Gasteiger partial charge in [-0.2, -0.15) is 0 Å². The highest BCUT2D eigenvalue weighted by molar-refractivity contribution is 9.10. The van der Waals surface area contributed by atoms with Gasteiger partial charge in [-0.15, -0.1) is 0 Å². The Morgan fingerprint density at radius 1 is 1.05 bits per heavy atom. The standard InChI is InChI=1S/C14H8BrF3O2/c1-20-13-6-11(17)9(15)5-8(13)14(19)7-2-3-10(16)12(18)4-7/h2-6H,1H3. The zero-order chi connectivity index (χ0) is 14.9. The van der Waals surface area contributed by atoms with Crippen molar-refractivity contribution in [2.45, 2.75) is 0 Å². The first-order valence-corrected chi connectivity index (χ1v) is 6.26. The van der Waals surface area contributed by atoms with E-state index in [0.29, 0.717) is 0 Å². The van der Waals surface area contributed by atoms with E-state index in [1.54, 1.807) is 0 Å². The third-order valence-corrected chi connectivity index (χ3v) is 3.28. The molecule has 2 aromatic carbocycles. The molecule has 20 heavy (non-hydrogen) atoms. The highest BCUT2D eigenvalue weighted by Gasteiger charge is 2.18. The van der Waals surface area contributed by atoms with Gasteiger partial charge in [0.05, 0.1) is 17.1 Å². The molecule has 0 fully saturated rings. The number of carbonyl (C=O) groups excluding carboxylic acids is 1. The molecule has 0 atom stereocenters. The Morgan fingerprint density at radius 3 is 2.35 bits per heavy atom. The predicted octanol–water partition coefficient (Wildman–Crippen LogP) is 4.11. The first kappa shape index (κ1) is 14.6. The van der Waals surface area contributed by atoms with Crippen molar-refractivity contribution in [3.8, 4) is 5.75 Å². The second-order valence-corrected chi connectivity index (χ2v) is 4.78. The molecule has 2 aromatic rings. The highest BCUT2D eigenvalue weighted by Crippen LogP contribution is 2.28. The lowest BCUT2D eigenvalue weighted by molar-refractivity contribution is 0.103. The fraction of sp³-hybridized carbons (Fsp3) is 0.0714. The normalized spacial score (nSPS) is 10.4. The molecule has 6 heteroatoms. The van der Waals surface area contributed by atoms with Gasteiger partial charge in [0, 0.05) is 11.6 Å². The van der Waals surface area contributed by atoms with Crippen molar-refractivity contribution in [1.29, 1.82) is 0 Å². The zero-order valence-electron chi connectivity index (χ0n) is 10.2. The van der Waals surface area contributed by atoms with Crippen LogP contribution in [0.5, 0.6) is 5.75 Å². The molecule has 0 bridgehead atoms. The van der Waals surface area contributed by atoms with Gasteiger partial charge in [0.15, 0.2) is 17.4 Å². The van der Waals surface area contributed by atoms with E-state index in [9.17, 15) is 18.0 Å². The minimum atomic E-state index is -1.13. The summed E-state index contributed by atoms with van der Waals surface area (Å²) < 4.78 is 44.4. The van der Waals surface area contributed by atoms with Gasteiger partial charge in [0.2, 0.25) is 0 Å². The van der Waals surface area contributed by atoms with E-state index in [0.717, 1.165) is 24.3 Å². The van der Waals surface area contributed by atoms with E-state index in [1.807, 2.05) is 0 Å². The molecule has 0 saturated heterocycles. The Hall–Kier alpha value is -1.82. The molecular weight excluding hydrogens is 337 g/mol. The molecule has 0 aliphatic carbocycles. The topological polar surface area (TPSA) is 26.3 Å². The lowest BCUT2D eigenvalue weighted by atomic mass is 10.0. The zero-order valence-corrected chi connectivity index (χ0v) is 11.8. The summed E-state index contributed by atoms with van der Waals surface area (Å²) in [6, 6.07) is 5.06. The van der Waals surface area contributed by atoms with Crippen molar-refractivity contribution in [2.75, 3.05) is 7.11 Å². The van der Waals surface area contributed by atoms with Crippen molar-refractivity contribution < 1.29 is 22.7 Å². The fourth-order valence-corrected chi connectivity index (χ4v) is 2.01. The smallest absolute Gasteiger partial charge is 0.196 e. The number of ether oxygens (including phenoxy) is 1. The second kappa shape index (κ2) is 5.66. The van der Waals surface area contributed by atoms with Gasteiger partial charge in [-0.1, -0.05) is 0 Å². The van der Waals surface area contributed by atoms with Gasteiger partial charge >= 0.3 is 0 Å². The maximum atomic E-state index is 13.4. The molecule has 0 N–H and O–H groups in total. The van der Waals surface area contributed by atoms with Crippen LogP contribution in [0, 0.1) is 17.5 Å². The molecular formula is C14H8BrF3O2. The molecule has 0 unspecified atom stereocenters. The second-order valence-electron chi connectivity index (χ2n) is 3.92. The van der Waals surface area contributed by atoms with Gasteiger partial charge < -0.3 is 4.74 Å². The first-order valence-electron chi connectivity index (χ1n) is 5.47. The van der Waals surface area contributed by atoms with Crippen LogP contribution in [0.3, 0.4) is 0 Å². The highest BCUT2D eigenvalue weighted by atomic mass is 79.9. The maximum Gasteiger partial charge on any atom is 0.196 e. The van der Waals surface area contributed by atoms with E-state index in [4.69, 9.17) is 4.74 Å². The number of hydrogen-bond donors (Lipinski definition) is 0. The van der Waals surface area contributed by atoms with E-state index in [-0.39, 0.29) is 21.3 Å². The number of benzene rings is 2. The number of ketones is 1. The van der Waals surface area contributed by atoms with Crippen LogP contribution in [0.25, 0.3) is 0 Å². The van der Waals surface area contributed by atoms with Gasteiger partial charge in [-0.25, -0.2) is 13.2 Å². The lowest BCUT2D eigenvalue weighted by Crippen LogP contribution is -2.06. The summed E-state index contributed by atoms with van der Waals surface area (Å²) in [7, 11) is 1.28. The Labute approximate surface area is 121 Å². The molecule has 0 aliphatic heterocycles. The average Bonchev–Trinajstić information content (AvgIpc) is 2.43. The van der Waals surface area contributed by atoms with Crippen molar-refractivity contribution in [3.05, 3.63) is 63.4 Å². The van der Waals surface area contributed by atoms with Crippen LogP contribution in [0.4, 0.5) is 13.2 Å². The van der Waals surface area contributed by atoms with Crippen LogP contribution in [0.15, 0.2) is 34.8 Å². The van der Waals surface area contributed by atoms with Gasteiger partial charge in [-0.3, -0.25) is 4.79 Å². The van der Waals surface area contributed by atoms with Crippen molar-refractivity contribution in [2.24, 2.45) is 0 Å². The maximum absolute atomic E-state index is 13.4. The summed E-state index contributed by atoms with van der Waals surface area (Å²) in [5.41, 5.74) is -0.00695. The van der Waals surface area contributed by atoms with Crippen molar-refractivity contribution in [3.63, 3.8) is 0 Å². The fourth-order valence-electron chi connectivity index (χ4n) is 1.67. The van der Waals surface area contributed by atoms with E-state index in [1.165, 1.54) is 13.2 Å². The van der Waals surface area contributed by atoms with Crippen molar-refractivity contribution in [1.82, 2.24) is 0 Å². The minimum Gasteiger partial charge on any atom is -0.496 e. The van der Waals surface area contributed by atoms with Gasteiger partial charge in [0.1, 0.15) is 11.6 Å². The van der Waals surface area contributed by atoms with Crippen LogP contribution >= 0.6 is 15.9 Å². The number of rotatable bonds is 3. The predicted molar refractivity (Wildman–Crippen MR) is 70.4 cm³/mol. The molecule has 0 spiro atoms. The molecule has 0 aliphatic rings. The van der Waals surface area contributed by atoms with E-state index in [2.05, 4.69) is 15.9 Å². The summed E-state index contributed by atoms with van der Waals surface area (Å²) in [6.07, 6.45) is 0. The minimum absolute atomic E-state index is 0.0143. The lowest BCUT2D eigenvalue weighted by Gasteiger charge is -2.09. The van der Waals surface area contributed by atoms with Crippen LogP contribution in [0.2, 0.25) is 0 Å². The monoisotopic (exact) mass is 344 g/mol. The Morgan fingerprint density at radius 2 is 1.75 bits per heavy atom. The van der Waals surface area contributed by atoms with Crippen LogP contribution < -0.4 is 4.74 Å². The number of halogens is 4. The molecule has 0 heterocycles. The average molecular weight is 345 g/mol. The summed E-state index contributed by atoms with van der Waals surface area (Å²) in [6.45, 7) is 0.